The molecule has 4 aromatic rings. The Morgan fingerprint density at radius 3 is 2.45 bits per heavy atom. The standard InChI is InChI=1S/C28H24FN3O6/c29-21-12-18-22(32(17-5-6-17)14-20(26(18)34)27(35)36)13-23(21)31-9-7-30(8-10-31)15-24(33)19-11-16-3-1-2-4-25(16)38-28(19)37/h1-4,11-14,17H,5-10,15H2,(H,35,36). The van der Waals surface area contributed by atoms with E-state index in [9.17, 15) is 24.3 Å². The summed E-state index contributed by atoms with van der Waals surface area (Å²) in [5.41, 5.74) is -0.461. The van der Waals surface area contributed by atoms with Gasteiger partial charge in [-0.2, -0.15) is 0 Å². The van der Waals surface area contributed by atoms with Crippen molar-refractivity contribution < 1.29 is 23.5 Å². The Bertz CT molecular complexity index is 1730. The lowest BCUT2D eigenvalue weighted by atomic mass is 10.1. The Balaban J connectivity index is 1.22. The number of rotatable bonds is 6. The number of ketones is 1. The molecule has 1 aliphatic heterocycles. The molecule has 38 heavy (non-hydrogen) atoms. The average Bonchev–Trinajstić information content (AvgIpc) is 3.74. The van der Waals surface area contributed by atoms with Gasteiger partial charge in [0.2, 0.25) is 5.43 Å². The molecule has 6 rings (SSSR count). The van der Waals surface area contributed by atoms with Gasteiger partial charge in [-0.25, -0.2) is 14.0 Å². The van der Waals surface area contributed by atoms with Gasteiger partial charge in [-0.3, -0.25) is 14.5 Å². The summed E-state index contributed by atoms with van der Waals surface area (Å²) in [7, 11) is 0. The molecule has 0 spiro atoms. The van der Waals surface area contributed by atoms with Crippen LogP contribution in [0.2, 0.25) is 0 Å². The van der Waals surface area contributed by atoms with Gasteiger partial charge in [-0.15, -0.1) is 0 Å². The first kappa shape index (κ1) is 24.1. The normalized spacial score (nSPS) is 16.3. The third-order valence-electron chi connectivity index (χ3n) is 7.29. The number of nitrogens with zero attached hydrogens (tertiary/aromatic N) is 3. The molecule has 0 radical (unpaired) electrons. The van der Waals surface area contributed by atoms with E-state index in [1.807, 2.05) is 9.80 Å². The van der Waals surface area contributed by atoms with Crippen LogP contribution in [0.1, 0.15) is 39.6 Å². The van der Waals surface area contributed by atoms with Crippen LogP contribution in [0.4, 0.5) is 10.1 Å². The molecule has 2 aromatic heterocycles. The fourth-order valence-electron chi connectivity index (χ4n) is 5.10. The highest BCUT2D eigenvalue weighted by atomic mass is 19.1. The number of pyridine rings is 1. The molecule has 3 heterocycles. The summed E-state index contributed by atoms with van der Waals surface area (Å²) in [4.78, 5) is 53.3. The Morgan fingerprint density at radius 2 is 1.74 bits per heavy atom. The van der Waals surface area contributed by atoms with Gasteiger partial charge in [-0.05, 0) is 37.1 Å². The molecule has 1 saturated heterocycles. The van der Waals surface area contributed by atoms with E-state index < -0.39 is 22.8 Å². The van der Waals surface area contributed by atoms with E-state index in [4.69, 9.17) is 4.42 Å². The summed E-state index contributed by atoms with van der Waals surface area (Å²) in [6.45, 7) is 1.84. The number of halogens is 1. The number of hydrogen-bond donors (Lipinski definition) is 1. The minimum Gasteiger partial charge on any atom is -0.477 e. The molecular weight excluding hydrogens is 493 g/mol. The van der Waals surface area contributed by atoms with E-state index in [0.29, 0.717) is 48.4 Å². The van der Waals surface area contributed by atoms with E-state index in [2.05, 4.69) is 0 Å². The summed E-state index contributed by atoms with van der Waals surface area (Å²) < 4.78 is 22.3. The van der Waals surface area contributed by atoms with E-state index >= 15 is 4.39 Å². The number of anilines is 1. The smallest absolute Gasteiger partial charge is 0.347 e. The summed E-state index contributed by atoms with van der Waals surface area (Å²) in [6.07, 6.45) is 3.09. The lowest BCUT2D eigenvalue weighted by molar-refractivity contribution is 0.0694. The van der Waals surface area contributed by atoms with Crippen LogP contribution in [0, 0.1) is 5.82 Å². The molecule has 10 heteroatoms. The largest absolute Gasteiger partial charge is 0.477 e. The van der Waals surface area contributed by atoms with Crippen LogP contribution in [0.3, 0.4) is 0 Å². The number of Topliss-reactive ketones (excluding diaryl/α,β-unsaturated/α-hetero) is 1. The number of aromatic carboxylic acids is 1. The number of carbonyl (C=O) groups excluding carboxylic acids is 1. The van der Waals surface area contributed by atoms with Gasteiger partial charge in [0, 0.05) is 49.2 Å². The fraction of sp³-hybridized carbons (Fsp3) is 0.286. The van der Waals surface area contributed by atoms with Crippen LogP contribution in [-0.2, 0) is 0 Å². The average molecular weight is 518 g/mol. The zero-order chi connectivity index (χ0) is 26.6. The van der Waals surface area contributed by atoms with Crippen molar-refractivity contribution in [1.82, 2.24) is 9.47 Å². The Kier molecular flexibility index (Phi) is 5.83. The van der Waals surface area contributed by atoms with Crippen molar-refractivity contribution >= 4 is 39.3 Å². The van der Waals surface area contributed by atoms with Gasteiger partial charge in [0.25, 0.3) is 0 Å². The molecule has 0 unspecified atom stereocenters. The first-order valence-corrected chi connectivity index (χ1v) is 12.5. The number of para-hydroxylation sites is 1. The Morgan fingerprint density at radius 1 is 1.00 bits per heavy atom. The SMILES string of the molecule is O=C(CN1CCN(c2cc3c(cc2F)c(=O)c(C(=O)O)cn3C2CC2)CC1)c1cc2ccccc2oc1=O. The van der Waals surface area contributed by atoms with Crippen LogP contribution in [-0.4, -0.2) is 59.0 Å². The van der Waals surface area contributed by atoms with Crippen molar-refractivity contribution in [3.63, 3.8) is 0 Å². The molecule has 2 aliphatic rings. The maximum atomic E-state index is 15.2. The second-order valence-electron chi connectivity index (χ2n) is 9.81. The predicted octanol–water partition coefficient (Wildman–Crippen LogP) is 3.29. The summed E-state index contributed by atoms with van der Waals surface area (Å²) in [5.74, 6) is -2.27. The van der Waals surface area contributed by atoms with Crippen LogP contribution in [0.15, 0.2) is 62.7 Å². The van der Waals surface area contributed by atoms with Gasteiger partial charge in [-0.1, -0.05) is 18.2 Å². The second-order valence-corrected chi connectivity index (χ2v) is 9.81. The number of piperazine rings is 1. The second kappa shape index (κ2) is 9.21. The van der Waals surface area contributed by atoms with E-state index in [1.165, 1.54) is 6.20 Å². The third kappa shape index (κ3) is 4.26. The number of carbonyl (C=O) groups is 2. The molecule has 1 aliphatic carbocycles. The molecule has 0 atom stereocenters. The van der Waals surface area contributed by atoms with Gasteiger partial charge < -0.3 is 19.0 Å². The van der Waals surface area contributed by atoms with Crippen LogP contribution < -0.4 is 16.0 Å². The summed E-state index contributed by atoms with van der Waals surface area (Å²) in [5, 5.41) is 10.2. The number of carboxylic acids is 1. The zero-order valence-corrected chi connectivity index (χ0v) is 20.4. The van der Waals surface area contributed by atoms with E-state index in [1.54, 1.807) is 41.0 Å². The molecule has 9 nitrogen and oxygen atoms in total. The number of carboxylic acid groups (broad SMARTS) is 1. The van der Waals surface area contributed by atoms with Gasteiger partial charge >= 0.3 is 11.6 Å². The minimum absolute atomic E-state index is 0.00507. The Hall–Kier alpha value is -4.31. The summed E-state index contributed by atoms with van der Waals surface area (Å²) >= 11 is 0. The summed E-state index contributed by atoms with van der Waals surface area (Å²) in [6, 6.07) is 11.4. The highest BCUT2D eigenvalue weighted by Gasteiger charge is 2.29. The van der Waals surface area contributed by atoms with Crippen molar-refractivity contribution in [2.45, 2.75) is 18.9 Å². The molecule has 0 amide bonds. The number of benzene rings is 2. The monoisotopic (exact) mass is 517 g/mol. The Labute approximate surface area is 215 Å². The van der Waals surface area contributed by atoms with Crippen LogP contribution in [0.25, 0.3) is 21.9 Å². The zero-order valence-electron chi connectivity index (χ0n) is 20.4. The first-order chi connectivity index (χ1) is 18.3. The molecule has 2 fully saturated rings. The van der Waals surface area contributed by atoms with Gasteiger partial charge in [0.15, 0.2) is 5.78 Å². The lowest BCUT2D eigenvalue weighted by Crippen LogP contribution is -2.48. The van der Waals surface area contributed by atoms with E-state index in [0.717, 1.165) is 18.9 Å². The number of aromatic nitrogens is 1. The first-order valence-electron chi connectivity index (χ1n) is 12.5. The van der Waals surface area contributed by atoms with Gasteiger partial charge in [0.1, 0.15) is 22.5 Å². The fourth-order valence-corrected chi connectivity index (χ4v) is 5.10. The lowest BCUT2D eigenvalue weighted by Gasteiger charge is -2.36. The molecule has 1 saturated carbocycles. The van der Waals surface area contributed by atoms with Crippen molar-refractivity contribution in [1.29, 1.82) is 0 Å². The predicted molar refractivity (Wildman–Crippen MR) is 139 cm³/mol. The van der Waals surface area contributed by atoms with Crippen molar-refractivity contribution in [2.75, 3.05) is 37.6 Å². The third-order valence-corrected chi connectivity index (χ3v) is 7.29. The molecule has 1 N–H and O–H groups in total. The highest BCUT2D eigenvalue weighted by Crippen LogP contribution is 2.38. The maximum absolute atomic E-state index is 15.2. The van der Waals surface area contributed by atoms with Crippen molar-refractivity contribution in [3.8, 4) is 0 Å². The van der Waals surface area contributed by atoms with E-state index in [-0.39, 0.29) is 34.9 Å². The number of hydrogen-bond acceptors (Lipinski definition) is 7. The topological polar surface area (TPSA) is 113 Å². The minimum atomic E-state index is -1.33. The molecule has 194 valence electrons. The van der Waals surface area contributed by atoms with Crippen molar-refractivity contribution in [2.24, 2.45) is 0 Å². The molecule has 2 aromatic carbocycles. The molecule has 0 bridgehead atoms. The van der Waals surface area contributed by atoms with Crippen LogP contribution >= 0.6 is 0 Å². The molecular formula is C28H24FN3O6. The van der Waals surface area contributed by atoms with Crippen LogP contribution in [0.5, 0.6) is 0 Å². The van der Waals surface area contributed by atoms with Gasteiger partial charge in [0.05, 0.1) is 17.7 Å². The maximum Gasteiger partial charge on any atom is 0.347 e. The van der Waals surface area contributed by atoms with Crippen molar-refractivity contribution in [3.05, 3.63) is 86.2 Å². The quantitative estimate of drug-likeness (QED) is 0.306. The highest BCUT2D eigenvalue weighted by molar-refractivity contribution is 5.99. The number of fused-ring (bicyclic) bond motifs is 2.